The molecule has 6 heteroatoms. The molecule has 1 aliphatic heterocycles. The summed E-state index contributed by atoms with van der Waals surface area (Å²) in [5, 5.41) is 9.92. The molecular weight excluding hydrogens is 220 g/mol. The van der Waals surface area contributed by atoms with Crippen molar-refractivity contribution in [3.63, 3.8) is 0 Å². The van der Waals surface area contributed by atoms with Gasteiger partial charge in [-0.2, -0.15) is 4.98 Å². The van der Waals surface area contributed by atoms with Gasteiger partial charge in [-0.25, -0.2) is 0 Å². The van der Waals surface area contributed by atoms with Crippen LogP contribution in [0.5, 0.6) is 0 Å². The lowest BCUT2D eigenvalue weighted by Gasteiger charge is -2.08. The van der Waals surface area contributed by atoms with Gasteiger partial charge in [0.2, 0.25) is 5.89 Å². The molecule has 17 heavy (non-hydrogen) atoms. The molecule has 2 atom stereocenters. The Morgan fingerprint density at radius 3 is 2.94 bits per heavy atom. The molecule has 0 aromatic carbocycles. The van der Waals surface area contributed by atoms with E-state index < -0.39 is 0 Å². The van der Waals surface area contributed by atoms with E-state index in [9.17, 15) is 4.79 Å². The van der Waals surface area contributed by atoms with E-state index in [1.54, 1.807) is 0 Å². The Kier molecular flexibility index (Phi) is 2.58. The highest BCUT2D eigenvalue weighted by molar-refractivity contribution is 5.90. The molecule has 3 rings (SSSR count). The van der Waals surface area contributed by atoms with E-state index in [2.05, 4.69) is 27.7 Å². The molecule has 2 heterocycles. The zero-order valence-corrected chi connectivity index (χ0v) is 9.77. The summed E-state index contributed by atoms with van der Waals surface area (Å²) in [6.07, 6.45) is 3.09. The lowest BCUT2D eigenvalue weighted by Crippen LogP contribution is -2.26. The summed E-state index contributed by atoms with van der Waals surface area (Å²) in [5.41, 5.74) is 0. The first-order valence-electron chi connectivity index (χ1n) is 6.12. The highest BCUT2D eigenvalue weighted by Gasteiger charge is 2.31. The Labute approximate surface area is 99.2 Å². The maximum Gasteiger partial charge on any atom is 0.292 e. The fourth-order valence-corrected chi connectivity index (χ4v) is 2.15. The summed E-state index contributed by atoms with van der Waals surface area (Å²) in [7, 11) is 0. The fraction of sp³-hybridized carbons (Fsp3) is 0.727. The Hall–Kier alpha value is -1.43. The minimum absolute atomic E-state index is 0.158. The van der Waals surface area contributed by atoms with E-state index in [1.807, 2.05) is 0 Å². The fourth-order valence-electron chi connectivity index (χ4n) is 2.15. The summed E-state index contributed by atoms with van der Waals surface area (Å²) in [6.45, 7) is 3.05. The molecule has 1 aromatic rings. The Morgan fingerprint density at radius 1 is 1.47 bits per heavy atom. The lowest BCUT2D eigenvalue weighted by molar-refractivity contribution is 0.0937. The maximum atomic E-state index is 11.7. The predicted octanol–water partition coefficient (Wildman–Crippen LogP) is 0.427. The molecule has 2 aliphatic rings. The number of aromatic nitrogens is 2. The molecule has 0 bridgehead atoms. The van der Waals surface area contributed by atoms with Crippen molar-refractivity contribution in [2.45, 2.75) is 44.2 Å². The molecule has 1 aromatic heterocycles. The van der Waals surface area contributed by atoms with Crippen molar-refractivity contribution >= 4 is 5.91 Å². The van der Waals surface area contributed by atoms with Crippen LogP contribution in [-0.2, 0) is 0 Å². The number of rotatable bonds is 3. The van der Waals surface area contributed by atoms with Crippen LogP contribution >= 0.6 is 0 Å². The third-order valence-corrected chi connectivity index (χ3v) is 3.40. The van der Waals surface area contributed by atoms with Gasteiger partial charge in [0, 0.05) is 12.1 Å². The van der Waals surface area contributed by atoms with Crippen LogP contribution in [0.25, 0.3) is 0 Å². The summed E-state index contributed by atoms with van der Waals surface area (Å²) >= 11 is 0. The normalized spacial score (nSPS) is 28.3. The van der Waals surface area contributed by atoms with Crippen LogP contribution in [0.2, 0.25) is 0 Å². The second-order valence-electron chi connectivity index (χ2n) is 4.84. The summed E-state index contributed by atoms with van der Waals surface area (Å²) < 4.78 is 5.18. The van der Waals surface area contributed by atoms with Gasteiger partial charge in [0.15, 0.2) is 0 Å². The molecule has 1 saturated heterocycles. The highest BCUT2D eigenvalue weighted by Crippen LogP contribution is 2.26. The van der Waals surface area contributed by atoms with Gasteiger partial charge < -0.3 is 15.2 Å². The van der Waals surface area contributed by atoms with E-state index in [0.29, 0.717) is 18.0 Å². The SMILES string of the molecule is CC1NCCC1c1nc(C(=O)NC2CC2)no1. The monoisotopic (exact) mass is 236 g/mol. The Balaban J connectivity index is 1.70. The first kappa shape index (κ1) is 10.7. The average Bonchev–Trinajstić information content (AvgIpc) is 2.82. The van der Waals surface area contributed by atoms with E-state index >= 15 is 0 Å². The second kappa shape index (κ2) is 4.10. The third-order valence-electron chi connectivity index (χ3n) is 3.40. The van der Waals surface area contributed by atoms with Crippen LogP contribution in [-0.4, -0.2) is 34.7 Å². The largest absolute Gasteiger partial charge is 0.346 e. The second-order valence-corrected chi connectivity index (χ2v) is 4.84. The van der Waals surface area contributed by atoms with E-state index in [-0.39, 0.29) is 17.6 Å². The first-order valence-corrected chi connectivity index (χ1v) is 6.12. The standard InChI is InChI=1S/C11H16N4O2/c1-6-8(4-5-12-6)11-14-9(15-17-11)10(16)13-7-2-3-7/h6-8,12H,2-5H2,1H3,(H,13,16). The van der Waals surface area contributed by atoms with Gasteiger partial charge in [-0.15, -0.1) is 0 Å². The quantitative estimate of drug-likeness (QED) is 0.795. The number of carbonyl (C=O) groups is 1. The van der Waals surface area contributed by atoms with Crippen molar-refractivity contribution in [2.24, 2.45) is 0 Å². The van der Waals surface area contributed by atoms with Gasteiger partial charge >= 0.3 is 0 Å². The van der Waals surface area contributed by atoms with E-state index in [4.69, 9.17) is 4.52 Å². The summed E-state index contributed by atoms with van der Waals surface area (Å²) in [6, 6.07) is 0.645. The maximum absolute atomic E-state index is 11.7. The van der Waals surface area contributed by atoms with E-state index in [1.165, 1.54) is 0 Å². The Morgan fingerprint density at radius 2 is 2.29 bits per heavy atom. The summed E-state index contributed by atoms with van der Waals surface area (Å²) in [5.74, 6) is 0.737. The molecule has 2 fully saturated rings. The molecule has 2 unspecified atom stereocenters. The van der Waals surface area contributed by atoms with Crippen LogP contribution in [0.3, 0.4) is 0 Å². The lowest BCUT2D eigenvalue weighted by atomic mass is 10.0. The minimum atomic E-state index is -0.221. The molecule has 0 radical (unpaired) electrons. The van der Waals surface area contributed by atoms with Crippen molar-refractivity contribution in [1.82, 2.24) is 20.8 Å². The van der Waals surface area contributed by atoms with Crippen LogP contribution in [0.4, 0.5) is 0 Å². The van der Waals surface area contributed by atoms with Crippen molar-refractivity contribution in [1.29, 1.82) is 0 Å². The molecule has 0 spiro atoms. The highest BCUT2D eigenvalue weighted by atomic mass is 16.5. The molecule has 1 saturated carbocycles. The predicted molar refractivity (Wildman–Crippen MR) is 59.6 cm³/mol. The zero-order valence-electron chi connectivity index (χ0n) is 9.77. The number of nitrogens with zero attached hydrogens (tertiary/aromatic N) is 2. The van der Waals surface area contributed by atoms with Gasteiger partial charge in [-0.05, 0) is 32.7 Å². The summed E-state index contributed by atoms with van der Waals surface area (Å²) in [4.78, 5) is 15.9. The zero-order chi connectivity index (χ0) is 11.8. The molecule has 1 amide bonds. The number of amides is 1. The van der Waals surface area contributed by atoms with E-state index in [0.717, 1.165) is 25.8 Å². The smallest absolute Gasteiger partial charge is 0.292 e. The Bertz CT molecular complexity index is 427. The molecule has 6 nitrogen and oxygen atoms in total. The third kappa shape index (κ3) is 2.17. The van der Waals surface area contributed by atoms with Crippen LogP contribution in [0.15, 0.2) is 4.52 Å². The van der Waals surface area contributed by atoms with Gasteiger partial charge in [0.1, 0.15) is 0 Å². The average molecular weight is 236 g/mol. The minimum Gasteiger partial charge on any atom is -0.346 e. The number of hydrogen-bond donors (Lipinski definition) is 2. The number of nitrogens with one attached hydrogen (secondary N) is 2. The van der Waals surface area contributed by atoms with Gasteiger partial charge in [-0.1, -0.05) is 5.16 Å². The van der Waals surface area contributed by atoms with Crippen LogP contribution in [0.1, 0.15) is 48.6 Å². The molecular formula is C11H16N4O2. The van der Waals surface area contributed by atoms with Crippen LogP contribution < -0.4 is 10.6 Å². The number of hydrogen-bond acceptors (Lipinski definition) is 5. The number of carbonyl (C=O) groups excluding carboxylic acids is 1. The topological polar surface area (TPSA) is 80.0 Å². The van der Waals surface area contributed by atoms with Gasteiger partial charge in [0.25, 0.3) is 11.7 Å². The van der Waals surface area contributed by atoms with Gasteiger partial charge in [-0.3, -0.25) is 4.79 Å². The molecule has 1 aliphatic carbocycles. The van der Waals surface area contributed by atoms with Crippen molar-refractivity contribution < 1.29 is 9.32 Å². The first-order chi connectivity index (χ1) is 8.24. The molecule has 92 valence electrons. The van der Waals surface area contributed by atoms with Gasteiger partial charge in [0.05, 0.1) is 5.92 Å². The van der Waals surface area contributed by atoms with Crippen molar-refractivity contribution in [3.8, 4) is 0 Å². The van der Waals surface area contributed by atoms with Crippen LogP contribution in [0, 0.1) is 0 Å². The molecule has 2 N–H and O–H groups in total. The van der Waals surface area contributed by atoms with Crippen molar-refractivity contribution in [3.05, 3.63) is 11.7 Å². The van der Waals surface area contributed by atoms with Crippen molar-refractivity contribution in [2.75, 3.05) is 6.54 Å².